The van der Waals surface area contributed by atoms with Crippen LogP contribution in [0.3, 0.4) is 0 Å². The minimum absolute atomic E-state index is 0.632. The lowest BCUT2D eigenvalue weighted by molar-refractivity contribution is 0.682. The van der Waals surface area contributed by atoms with E-state index < -0.39 is 19.8 Å². The van der Waals surface area contributed by atoms with Gasteiger partial charge < -0.3 is 0 Å². The number of halogens is 3. The predicted molar refractivity (Wildman–Crippen MR) is 55.9 cm³/mol. The summed E-state index contributed by atoms with van der Waals surface area (Å²) in [5.74, 6) is 0. The molecule has 1 aromatic carbocycles. The van der Waals surface area contributed by atoms with E-state index in [1.54, 1.807) is 24.3 Å². The first kappa shape index (κ1) is 9.78. The molecule has 2 unspecified atom stereocenters. The molecule has 1 aromatic rings. The third-order valence-corrected chi connectivity index (χ3v) is 5.59. The Hall–Kier alpha value is 0.240. The Morgan fingerprint density at radius 1 is 1.31 bits per heavy atom. The molecule has 1 aliphatic heterocycles. The van der Waals surface area contributed by atoms with Crippen molar-refractivity contribution in [3.05, 3.63) is 29.8 Å². The second kappa shape index (κ2) is 3.13. The summed E-state index contributed by atoms with van der Waals surface area (Å²) >= 11 is 17.8. The summed E-state index contributed by atoms with van der Waals surface area (Å²) in [4.78, 5) is 0.632. The van der Waals surface area contributed by atoms with Gasteiger partial charge in [-0.05, 0) is 6.07 Å². The van der Waals surface area contributed by atoms with Crippen molar-refractivity contribution >= 4 is 45.6 Å². The van der Waals surface area contributed by atoms with E-state index in [9.17, 15) is 4.21 Å². The van der Waals surface area contributed by atoms with Gasteiger partial charge in [-0.1, -0.05) is 41.4 Å². The summed E-state index contributed by atoms with van der Waals surface area (Å²) in [7, 11) is -1.31. The van der Waals surface area contributed by atoms with E-state index in [-0.39, 0.29) is 0 Å². The quantitative estimate of drug-likeness (QED) is 0.651. The molecule has 0 amide bonds. The molecule has 2 rings (SSSR count). The van der Waals surface area contributed by atoms with Gasteiger partial charge in [-0.25, -0.2) is 0 Å². The van der Waals surface area contributed by atoms with E-state index in [0.29, 0.717) is 10.5 Å². The molecule has 1 nitrogen and oxygen atoms in total. The van der Waals surface area contributed by atoms with E-state index >= 15 is 0 Å². The zero-order valence-corrected chi connectivity index (χ0v) is 9.42. The summed E-state index contributed by atoms with van der Waals surface area (Å²) in [6, 6.07) is 7.06. The van der Waals surface area contributed by atoms with E-state index in [4.69, 9.17) is 34.8 Å². The van der Waals surface area contributed by atoms with E-state index in [0.717, 1.165) is 0 Å². The lowest BCUT2D eigenvalue weighted by Crippen LogP contribution is -2.19. The number of hydrogen-bond donors (Lipinski definition) is 0. The van der Waals surface area contributed by atoms with E-state index in [1.807, 2.05) is 0 Å². The summed E-state index contributed by atoms with van der Waals surface area (Å²) in [6.07, 6.45) is 0. The maximum atomic E-state index is 11.6. The van der Waals surface area contributed by atoms with Crippen LogP contribution in [-0.4, -0.2) is 8.92 Å². The van der Waals surface area contributed by atoms with Crippen LogP contribution >= 0.6 is 34.8 Å². The first-order valence-electron chi connectivity index (χ1n) is 3.57. The largest absolute Gasteiger partial charge is 0.253 e. The number of benzene rings is 1. The number of alkyl halides is 3. The summed E-state index contributed by atoms with van der Waals surface area (Å²) in [5, 5.41) is 0. The maximum absolute atomic E-state index is 11.6. The lowest BCUT2D eigenvalue weighted by atomic mass is 10.2. The highest BCUT2D eigenvalue weighted by molar-refractivity contribution is 7.87. The average molecular weight is 256 g/mol. The van der Waals surface area contributed by atoms with Crippen molar-refractivity contribution in [2.75, 3.05) is 0 Å². The average Bonchev–Trinajstić information content (AvgIpc) is 2.30. The van der Waals surface area contributed by atoms with Crippen LogP contribution in [-0.2, 0) is 15.1 Å². The number of hydrogen-bond acceptors (Lipinski definition) is 1. The van der Waals surface area contributed by atoms with Crippen molar-refractivity contribution in [3.8, 4) is 0 Å². The standard InChI is InChI=1S/C8H5Cl3OS/c9-7-8(10,11)5-3-1-2-4-6(5)13(7)12/h1-4,7H. The molecule has 0 aromatic heterocycles. The molecule has 0 saturated carbocycles. The molecule has 2 atom stereocenters. The van der Waals surface area contributed by atoms with Gasteiger partial charge in [0.05, 0.1) is 10.8 Å². The van der Waals surface area contributed by atoms with Crippen molar-refractivity contribution in [2.45, 2.75) is 13.9 Å². The third kappa shape index (κ3) is 1.32. The Balaban J connectivity index is 2.68. The zero-order chi connectivity index (χ0) is 9.64. The molecular formula is C8H5Cl3OS. The molecule has 0 aliphatic carbocycles. The van der Waals surface area contributed by atoms with Gasteiger partial charge in [-0.3, -0.25) is 4.21 Å². The van der Waals surface area contributed by atoms with Crippen LogP contribution < -0.4 is 0 Å². The van der Waals surface area contributed by atoms with Gasteiger partial charge in [0.2, 0.25) is 0 Å². The van der Waals surface area contributed by atoms with Crippen LogP contribution in [0.4, 0.5) is 0 Å². The molecule has 5 heteroatoms. The first-order chi connectivity index (χ1) is 6.05. The van der Waals surface area contributed by atoms with Crippen LogP contribution in [0, 0.1) is 0 Å². The summed E-state index contributed by atoms with van der Waals surface area (Å²) in [5.41, 5.74) is 0.650. The van der Waals surface area contributed by atoms with Crippen molar-refractivity contribution in [2.24, 2.45) is 0 Å². The van der Waals surface area contributed by atoms with Crippen LogP contribution in [0.1, 0.15) is 5.56 Å². The molecule has 0 saturated heterocycles. The second-order valence-corrected chi connectivity index (χ2v) is 6.32. The zero-order valence-electron chi connectivity index (χ0n) is 6.34. The Kier molecular flexibility index (Phi) is 2.35. The second-order valence-electron chi connectivity index (χ2n) is 2.73. The topological polar surface area (TPSA) is 17.1 Å². The van der Waals surface area contributed by atoms with Crippen LogP contribution in [0.5, 0.6) is 0 Å². The van der Waals surface area contributed by atoms with Gasteiger partial charge in [0.15, 0.2) is 9.04 Å². The Morgan fingerprint density at radius 2 is 1.92 bits per heavy atom. The fourth-order valence-electron chi connectivity index (χ4n) is 1.29. The van der Waals surface area contributed by atoms with Gasteiger partial charge in [-0.15, -0.1) is 11.6 Å². The van der Waals surface area contributed by atoms with Crippen LogP contribution in [0.2, 0.25) is 0 Å². The fraction of sp³-hybridized carbons (Fsp3) is 0.250. The van der Waals surface area contributed by atoms with Crippen molar-refractivity contribution in [1.29, 1.82) is 0 Å². The van der Waals surface area contributed by atoms with Crippen molar-refractivity contribution in [3.63, 3.8) is 0 Å². The Bertz CT molecular complexity index is 377. The molecule has 70 valence electrons. The highest BCUT2D eigenvalue weighted by Gasteiger charge is 2.48. The SMILES string of the molecule is O=S1c2ccccc2C(Cl)(Cl)C1Cl. The Labute approximate surface area is 93.4 Å². The van der Waals surface area contributed by atoms with E-state index in [1.165, 1.54) is 0 Å². The monoisotopic (exact) mass is 254 g/mol. The van der Waals surface area contributed by atoms with Crippen LogP contribution in [0.25, 0.3) is 0 Å². The maximum Gasteiger partial charge on any atom is 0.172 e. The van der Waals surface area contributed by atoms with Gasteiger partial charge in [0.25, 0.3) is 0 Å². The van der Waals surface area contributed by atoms with Gasteiger partial charge in [0, 0.05) is 10.5 Å². The Morgan fingerprint density at radius 3 is 2.54 bits per heavy atom. The minimum Gasteiger partial charge on any atom is -0.253 e. The predicted octanol–water partition coefficient (Wildman–Crippen LogP) is 3.00. The fourth-order valence-corrected chi connectivity index (χ4v) is 3.90. The molecule has 0 spiro atoms. The van der Waals surface area contributed by atoms with Gasteiger partial charge in [-0.2, -0.15) is 0 Å². The third-order valence-electron chi connectivity index (χ3n) is 1.94. The van der Waals surface area contributed by atoms with E-state index in [2.05, 4.69) is 0 Å². The van der Waals surface area contributed by atoms with Crippen molar-refractivity contribution in [1.82, 2.24) is 0 Å². The molecule has 1 heterocycles. The van der Waals surface area contributed by atoms with Crippen LogP contribution in [0.15, 0.2) is 29.2 Å². The molecule has 0 N–H and O–H groups in total. The normalized spacial score (nSPS) is 30.1. The highest BCUT2D eigenvalue weighted by Crippen LogP contribution is 2.50. The summed E-state index contributed by atoms with van der Waals surface area (Å²) in [6.45, 7) is 0. The highest BCUT2D eigenvalue weighted by atomic mass is 35.5. The van der Waals surface area contributed by atoms with Gasteiger partial charge in [0.1, 0.15) is 0 Å². The number of fused-ring (bicyclic) bond motifs is 1. The first-order valence-corrected chi connectivity index (χ1v) is 5.97. The molecule has 0 bridgehead atoms. The molecular weight excluding hydrogens is 251 g/mol. The lowest BCUT2D eigenvalue weighted by Gasteiger charge is -2.15. The summed E-state index contributed by atoms with van der Waals surface area (Å²) < 4.78 is 9.62. The smallest absolute Gasteiger partial charge is 0.172 e. The molecule has 0 fully saturated rings. The minimum atomic E-state index is -1.31. The number of rotatable bonds is 0. The van der Waals surface area contributed by atoms with Gasteiger partial charge >= 0.3 is 0 Å². The van der Waals surface area contributed by atoms with Crippen molar-refractivity contribution < 1.29 is 4.21 Å². The molecule has 1 aliphatic rings. The molecule has 13 heavy (non-hydrogen) atoms. The molecule has 0 radical (unpaired) electrons.